The van der Waals surface area contributed by atoms with Gasteiger partial charge in [-0.1, -0.05) is 25.8 Å². The molecule has 1 unspecified atom stereocenters. The largest absolute Gasteiger partial charge is 0.454 e. The second-order valence-corrected chi connectivity index (χ2v) is 6.32. The summed E-state index contributed by atoms with van der Waals surface area (Å²) in [6.45, 7) is 4.14. The van der Waals surface area contributed by atoms with Gasteiger partial charge in [0.05, 0.1) is 6.10 Å². The normalized spacial score (nSPS) is 20.7. The van der Waals surface area contributed by atoms with Crippen LogP contribution in [0.4, 0.5) is 0 Å². The van der Waals surface area contributed by atoms with E-state index in [-0.39, 0.29) is 6.79 Å². The first-order valence-electron chi connectivity index (χ1n) is 8.01. The Bertz CT molecular complexity index is 483. The zero-order valence-electron chi connectivity index (χ0n) is 12.7. The van der Waals surface area contributed by atoms with Crippen LogP contribution in [0.15, 0.2) is 18.2 Å². The molecule has 1 aliphatic heterocycles. The molecule has 1 heterocycles. The van der Waals surface area contributed by atoms with Gasteiger partial charge in [-0.15, -0.1) is 0 Å². The number of hydrogen-bond donors (Lipinski definition) is 2. The monoisotopic (exact) mass is 291 g/mol. The van der Waals surface area contributed by atoms with Crippen LogP contribution in [-0.4, -0.2) is 25.0 Å². The van der Waals surface area contributed by atoms with Crippen molar-refractivity contribution in [2.75, 3.05) is 19.9 Å². The van der Waals surface area contributed by atoms with Crippen LogP contribution < -0.4 is 14.8 Å². The number of nitrogens with one attached hydrogen (secondary N) is 1. The third-order valence-electron chi connectivity index (χ3n) is 5.03. The van der Waals surface area contributed by atoms with Gasteiger partial charge in [0.15, 0.2) is 11.5 Å². The molecule has 1 fully saturated rings. The highest BCUT2D eigenvalue weighted by molar-refractivity contribution is 5.45. The van der Waals surface area contributed by atoms with E-state index < -0.39 is 6.10 Å². The summed E-state index contributed by atoms with van der Waals surface area (Å²) >= 11 is 0. The third kappa shape index (κ3) is 3.16. The lowest BCUT2D eigenvalue weighted by atomic mass is 9.83. The average molecular weight is 291 g/mol. The fourth-order valence-electron chi connectivity index (χ4n) is 3.49. The fourth-order valence-corrected chi connectivity index (χ4v) is 3.49. The lowest BCUT2D eigenvalue weighted by molar-refractivity contribution is 0.162. The van der Waals surface area contributed by atoms with Crippen molar-refractivity contribution in [3.8, 4) is 11.5 Å². The molecule has 2 N–H and O–H groups in total. The van der Waals surface area contributed by atoms with Crippen molar-refractivity contribution < 1.29 is 14.6 Å². The smallest absolute Gasteiger partial charge is 0.231 e. The lowest BCUT2D eigenvalue weighted by Gasteiger charge is -2.28. The molecular formula is C17H25NO3. The van der Waals surface area contributed by atoms with E-state index >= 15 is 0 Å². The van der Waals surface area contributed by atoms with Gasteiger partial charge in [-0.2, -0.15) is 0 Å². The SMILES string of the molecule is CCC1(CNCC(O)c2ccc3c(c2)OCO3)CCCC1. The van der Waals surface area contributed by atoms with E-state index in [0.29, 0.717) is 12.0 Å². The summed E-state index contributed by atoms with van der Waals surface area (Å²) in [7, 11) is 0. The molecule has 0 aromatic heterocycles. The van der Waals surface area contributed by atoms with Crippen LogP contribution in [0.5, 0.6) is 11.5 Å². The van der Waals surface area contributed by atoms with Gasteiger partial charge < -0.3 is 19.9 Å². The van der Waals surface area contributed by atoms with Gasteiger partial charge in [-0.25, -0.2) is 0 Å². The first kappa shape index (κ1) is 14.7. The van der Waals surface area contributed by atoms with Crippen molar-refractivity contribution >= 4 is 0 Å². The molecule has 0 amide bonds. The molecule has 3 rings (SSSR count). The molecule has 1 aromatic carbocycles. The molecule has 116 valence electrons. The molecule has 21 heavy (non-hydrogen) atoms. The molecular weight excluding hydrogens is 266 g/mol. The van der Waals surface area contributed by atoms with E-state index in [1.165, 1.54) is 32.1 Å². The predicted molar refractivity (Wildman–Crippen MR) is 81.6 cm³/mol. The van der Waals surface area contributed by atoms with Crippen molar-refractivity contribution in [2.45, 2.75) is 45.1 Å². The molecule has 0 bridgehead atoms. The number of aliphatic hydroxyl groups is 1. The molecule has 0 saturated heterocycles. The number of ether oxygens (including phenoxy) is 2. The van der Waals surface area contributed by atoms with Gasteiger partial charge >= 0.3 is 0 Å². The van der Waals surface area contributed by atoms with E-state index in [1.807, 2.05) is 18.2 Å². The van der Waals surface area contributed by atoms with Gasteiger partial charge in [0.25, 0.3) is 0 Å². The van der Waals surface area contributed by atoms with Gasteiger partial charge in [0, 0.05) is 13.1 Å². The zero-order chi connectivity index (χ0) is 14.7. The summed E-state index contributed by atoms with van der Waals surface area (Å²) in [6.07, 6.45) is 6.04. The summed E-state index contributed by atoms with van der Waals surface area (Å²) in [5.41, 5.74) is 1.33. The first-order chi connectivity index (χ1) is 10.2. The Balaban J connectivity index is 1.53. The highest BCUT2D eigenvalue weighted by Gasteiger charge is 2.31. The Hall–Kier alpha value is -1.26. The van der Waals surface area contributed by atoms with Crippen molar-refractivity contribution in [3.63, 3.8) is 0 Å². The van der Waals surface area contributed by atoms with Gasteiger partial charge in [0.2, 0.25) is 6.79 Å². The quantitative estimate of drug-likeness (QED) is 0.846. The van der Waals surface area contributed by atoms with Crippen molar-refractivity contribution in [1.82, 2.24) is 5.32 Å². The number of hydrogen-bond acceptors (Lipinski definition) is 4. The highest BCUT2D eigenvalue weighted by atomic mass is 16.7. The zero-order valence-corrected chi connectivity index (χ0v) is 12.7. The summed E-state index contributed by atoms with van der Waals surface area (Å²) in [6, 6.07) is 5.65. The maximum atomic E-state index is 10.3. The van der Waals surface area contributed by atoms with E-state index in [9.17, 15) is 5.11 Å². The maximum Gasteiger partial charge on any atom is 0.231 e. The third-order valence-corrected chi connectivity index (χ3v) is 5.03. The second-order valence-electron chi connectivity index (χ2n) is 6.32. The predicted octanol–water partition coefficient (Wildman–Crippen LogP) is 3.01. The van der Waals surface area contributed by atoms with E-state index in [4.69, 9.17) is 9.47 Å². The topological polar surface area (TPSA) is 50.7 Å². The molecule has 4 nitrogen and oxygen atoms in total. The van der Waals surface area contributed by atoms with Gasteiger partial charge in [-0.05, 0) is 42.4 Å². The number of fused-ring (bicyclic) bond motifs is 1. The van der Waals surface area contributed by atoms with E-state index in [1.54, 1.807) is 0 Å². The van der Waals surface area contributed by atoms with Crippen LogP contribution in [-0.2, 0) is 0 Å². The van der Waals surface area contributed by atoms with E-state index in [2.05, 4.69) is 12.2 Å². The second kappa shape index (κ2) is 6.24. The van der Waals surface area contributed by atoms with Crippen LogP contribution in [0, 0.1) is 5.41 Å². The Morgan fingerprint density at radius 1 is 1.24 bits per heavy atom. The van der Waals surface area contributed by atoms with Crippen LogP contribution in [0.3, 0.4) is 0 Å². The summed E-state index contributed by atoms with van der Waals surface area (Å²) in [4.78, 5) is 0. The molecule has 1 saturated carbocycles. The van der Waals surface area contributed by atoms with Crippen LogP contribution in [0.25, 0.3) is 0 Å². The minimum atomic E-state index is -0.505. The average Bonchev–Trinajstić information content (AvgIpc) is 3.15. The van der Waals surface area contributed by atoms with Crippen molar-refractivity contribution in [3.05, 3.63) is 23.8 Å². The van der Waals surface area contributed by atoms with Crippen LogP contribution in [0.1, 0.15) is 50.7 Å². The molecule has 4 heteroatoms. The highest BCUT2D eigenvalue weighted by Crippen LogP contribution is 2.40. The van der Waals surface area contributed by atoms with Crippen LogP contribution >= 0.6 is 0 Å². The minimum absolute atomic E-state index is 0.270. The Morgan fingerprint density at radius 3 is 2.76 bits per heavy atom. The molecule has 1 aliphatic carbocycles. The van der Waals surface area contributed by atoms with Crippen molar-refractivity contribution in [1.29, 1.82) is 0 Å². The molecule has 1 atom stereocenters. The lowest BCUT2D eigenvalue weighted by Crippen LogP contribution is -2.34. The molecule has 1 aromatic rings. The van der Waals surface area contributed by atoms with Gasteiger partial charge in [0.1, 0.15) is 0 Å². The molecule has 0 radical (unpaired) electrons. The Labute approximate surface area is 126 Å². The number of rotatable bonds is 6. The summed E-state index contributed by atoms with van der Waals surface area (Å²) in [5, 5.41) is 13.8. The summed E-state index contributed by atoms with van der Waals surface area (Å²) < 4.78 is 10.6. The first-order valence-corrected chi connectivity index (χ1v) is 8.01. The standard InChI is InChI=1S/C17H25NO3/c1-2-17(7-3-4-8-17)11-18-10-14(19)13-5-6-15-16(9-13)21-12-20-15/h5-6,9,14,18-19H,2-4,7-8,10-12H2,1H3. The fraction of sp³-hybridized carbons (Fsp3) is 0.647. The van der Waals surface area contributed by atoms with Crippen LogP contribution in [0.2, 0.25) is 0 Å². The van der Waals surface area contributed by atoms with Gasteiger partial charge in [-0.3, -0.25) is 0 Å². The van der Waals surface area contributed by atoms with E-state index in [0.717, 1.165) is 23.6 Å². The summed E-state index contributed by atoms with van der Waals surface area (Å²) in [5.74, 6) is 1.49. The maximum absolute atomic E-state index is 10.3. The molecule has 0 spiro atoms. The number of aliphatic hydroxyl groups excluding tert-OH is 1. The number of benzene rings is 1. The minimum Gasteiger partial charge on any atom is -0.454 e. The Kier molecular flexibility index (Phi) is 4.36. The van der Waals surface area contributed by atoms with Crippen molar-refractivity contribution in [2.24, 2.45) is 5.41 Å². The Morgan fingerprint density at radius 2 is 2.00 bits per heavy atom. The molecule has 2 aliphatic rings.